The first-order valence-corrected chi connectivity index (χ1v) is 5.92. The minimum Gasteiger partial charge on any atom is -0.390 e. The molecule has 1 aliphatic carbocycles. The molecule has 3 atom stereocenters. The standard InChI is InChI=1S/C11H15NO2S/c1-8-6-9(13)10(7-8)14-15-11-4-2-3-5-12-11/h2-5,8-10,13H,6-7H2,1H3. The van der Waals surface area contributed by atoms with Crippen LogP contribution in [0.1, 0.15) is 19.8 Å². The Labute approximate surface area is 94.1 Å². The predicted octanol–water partition coefficient (Wildman–Crippen LogP) is 2.26. The van der Waals surface area contributed by atoms with E-state index in [1.54, 1.807) is 6.20 Å². The van der Waals surface area contributed by atoms with E-state index in [4.69, 9.17) is 4.18 Å². The zero-order valence-electron chi connectivity index (χ0n) is 8.67. The molecule has 0 saturated heterocycles. The van der Waals surface area contributed by atoms with Crippen molar-refractivity contribution in [2.75, 3.05) is 0 Å². The van der Waals surface area contributed by atoms with Crippen LogP contribution < -0.4 is 0 Å². The van der Waals surface area contributed by atoms with Gasteiger partial charge in [-0.3, -0.25) is 0 Å². The van der Waals surface area contributed by atoms with Crippen LogP contribution in [0.15, 0.2) is 29.4 Å². The molecular formula is C11H15NO2S. The van der Waals surface area contributed by atoms with Crippen LogP contribution >= 0.6 is 12.0 Å². The number of aromatic nitrogens is 1. The molecule has 1 heterocycles. The number of nitrogens with zero attached hydrogens (tertiary/aromatic N) is 1. The van der Waals surface area contributed by atoms with Crippen LogP contribution in [-0.2, 0) is 4.18 Å². The Morgan fingerprint density at radius 2 is 2.33 bits per heavy atom. The molecule has 3 unspecified atom stereocenters. The van der Waals surface area contributed by atoms with E-state index in [1.165, 1.54) is 12.0 Å². The topological polar surface area (TPSA) is 42.4 Å². The van der Waals surface area contributed by atoms with E-state index in [2.05, 4.69) is 11.9 Å². The van der Waals surface area contributed by atoms with E-state index in [9.17, 15) is 5.11 Å². The second kappa shape index (κ2) is 4.96. The van der Waals surface area contributed by atoms with Crippen molar-refractivity contribution in [3.8, 4) is 0 Å². The smallest absolute Gasteiger partial charge is 0.123 e. The second-order valence-corrected chi connectivity index (χ2v) is 4.81. The number of rotatable bonds is 3. The van der Waals surface area contributed by atoms with Gasteiger partial charge in [0.05, 0.1) is 12.2 Å². The van der Waals surface area contributed by atoms with Crippen molar-refractivity contribution in [2.45, 2.75) is 37.0 Å². The van der Waals surface area contributed by atoms with Crippen molar-refractivity contribution in [2.24, 2.45) is 5.92 Å². The van der Waals surface area contributed by atoms with Crippen LogP contribution in [0.25, 0.3) is 0 Å². The van der Waals surface area contributed by atoms with Gasteiger partial charge < -0.3 is 9.29 Å². The molecule has 0 radical (unpaired) electrons. The Morgan fingerprint density at radius 3 is 2.93 bits per heavy atom. The van der Waals surface area contributed by atoms with Gasteiger partial charge in [-0.2, -0.15) is 0 Å². The van der Waals surface area contributed by atoms with Gasteiger partial charge in [0.15, 0.2) is 0 Å². The van der Waals surface area contributed by atoms with Gasteiger partial charge in [-0.1, -0.05) is 13.0 Å². The highest BCUT2D eigenvalue weighted by atomic mass is 32.2. The molecule has 0 aliphatic heterocycles. The van der Waals surface area contributed by atoms with E-state index < -0.39 is 0 Å². The first kappa shape index (κ1) is 10.9. The van der Waals surface area contributed by atoms with Crippen LogP contribution in [0.2, 0.25) is 0 Å². The summed E-state index contributed by atoms with van der Waals surface area (Å²) in [6, 6.07) is 5.69. The van der Waals surface area contributed by atoms with Gasteiger partial charge >= 0.3 is 0 Å². The highest BCUT2D eigenvalue weighted by Gasteiger charge is 2.31. The summed E-state index contributed by atoms with van der Waals surface area (Å²) in [4.78, 5) is 4.14. The van der Waals surface area contributed by atoms with E-state index in [-0.39, 0.29) is 12.2 Å². The molecule has 1 N–H and O–H groups in total. The summed E-state index contributed by atoms with van der Waals surface area (Å²) in [6.07, 6.45) is 3.14. The average molecular weight is 225 g/mol. The summed E-state index contributed by atoms with van der Waals surface area (Å²) in [5.41, 5.74) is 0. The second-order valence-electron chi connectivity index (χ2n) is 4.03. The van der Waals surface area contributed by atoms with Crippen molar-refractivity contribution < 1.29 is 9.29 Å². The SMILES string of the molecule is CC1CC(O)C(OSc2ccccn2)C1. The molecule has 1 saturated carbocycles. The molecule has 0 bridgehead atoms. The Bertz CT molecular complexity index is 307. The van der Waals surface area contributed by atoms with Crippen molar-refractivity contribution in [1.82, 2.24) is 4.98 Å². The Kier molecular flexibility index (Phi) is 3.61. The van der Waals surface area contributed by atoms with Gasteiger partial charge in [0, 0.05) is 18.2 Å². The van der Waals surface area contributed by atoms with Crippen LogP contribution in [-0.4, -0.2) is 22.3 Å². The van der Waals surface area contributed by atoms with Gasteiger partial charge in [0.25, 0.3) is 0 Å². The third kappa shape index (κ3) is 2.93. The van der Waals surface area contributed by atoms with Gasteiger partial charge in [-0.05, 0) is 30.9 Å². The van der Waals surface area contributed by atoms with Gasteiger partial charge in [0.1, 0.15) is 5.03 Å². The Balaban J connectivity index is 1.84. The van der Waals surface area contributed by atoms with Gasteiger partial charge in [0.2, 0.25) is 0 Å². The molecule has 15 heavy (non-hydrogen) atoms. The van der Waals surface area contributed by atoms with Gasteiger partial charge in [-0.15, -0.1) is 0 Å². The molecule has 4 heteroatoms. The number of pyridine rings is 1. The zero-order valence-corrected chi connectivity index (χ0v) is 9.48. The third-order valence-electron chi connectivity index (χ3n) is 2.60. The summed E-state index contributed by atoms with van der Waals surface area (Å²) >= 11 is 1.25. The summed E-state index contributed by atoms with van der Waals surface area (Å²) in [6.45, 7) is 2.14. The van der Waals surface area contributed by atoms with E-state index in [0.717, 1.165) is 17.9 Å². The average Bonchev–Trinajstić information content (AvgIpc) is 2.56. The summed E-state index contributed by atoms with van der Waals surface area (Å²) in [7, 11) is 0. The van der Waals surface area contributed by atoms with E-state index in [0.29, 0.717) is 5.92 Å². The fourth-order valence-corrected chi connectivity index (χ4v) is 2.49. The molecule has 0 spiro atoms. The fraction of sp³-hybridized carbons (Fsp3) is 0.545. The molecule has 0 aromatic carbocycles. The zero-order chi connectivity index (χ0) is 10.7. The molecule has 1 fully saturated rings. The van der Waals surface area contributed by atoms with Crippen LogP contribution in [0, 0.1) is 5.92 Å². The van der Waals surface area contributed by atoms with Crippen molar-refractivity contribution >= 4 is 12.0 Å². The largest absolute Gasteiger partial charge is 0.390 e. The molecule has 82 valence electrons. The molecular weight excluding hydrogens is 210 g/mol. The first-order chi connectivity index (χ1) is 7.25. The molecule has 3 nitrogen and oxygen atoms in total. The number of hydrogen-bond acceptors (Lipinski definition) is 4. The summed E-state index contributed by atoms with van der Waals surface area (Å²) < 4.78 is 5.58. The maximum Gasteiger partial charge on any atom is 0.123 e. The molecule has 1 aromatic heterocycles. The minimum absolute atomic E-state index is 0.0491. The van der Waals surface area contributed by atoms with Crippen LogP contribution in [0.5, 0.6) is 0 Å². The molecule has 2 rings (SSSR count). The lowest BCUT2D eigenvalue weighted by atomic mass is 10.1. The Hall–Kier alpha value is -0.580. The maximum absolute atomic E-state index is 9.68. The highest BCUT2D eigenvalue weighted by molar-refractivity contribution is 7.94. The van der Waals surface area contributed by atoms with Crippen molar-refractivity contribution in [3.63, 3.8) is 0 Å². The normalized spacial score (nSPS) is 30.7. The molecule has 1 aromatic rings. The highest BCUT2D eigenvalue weighted by Crippen LogP contribution is 2.31. The van der Waals surface area contributed by atoms with Crippen LogP contribution in [0.3, 0.4) is 0 Å². The van der Waals surface area contributed by atoms with Gasteiger partial charge in [-0.25, -0.2) is 4.98 Å². The molecule has 0 amide bonds. The predicted molar refractivity (Wildman–Crippen MR) is 59.4 cm³/mol. The third-order valence-corrected chi connectivity index (χ3v) is 3.36. The Morgan fingerprint density at radius 1 is 1.47 bits per heavy atom. The lowest BCUT2D eigenvalue weighted by molar-refractivity contribution is 0.0739. The summed E-state index contributed by atoms with van der Waals surface area (Å²) in [5.74, 6) is 0.550. The maximum atomic E-state index is 9.68. The van der Waals surface area contributed by atoms with E-state index in [1.807, 2.05) is 18.2 Å². The summed E-state index contributed by atoms with van der Waals surface area (Å²) in [5, 5.41) is 10.5. The number of aliphatic hydroxyl groups is 1. The fourth-order valence-electron chi connectivity index (χ4n) is 1.82. The lowest BCUT2D eigenvalue weighted by Gasteiger charge is -2.13. The molecule has 1 aliphatic rings. The lowest BCUT2D eigenvalue weighted by Crippen LogP contribution is -2.19. The number of hydrogen-bond donors (Lipinski definition) is 1. The van der Waals surface area contributed by atoms with Crippen molar-refractivity contribution in [1.29, 1.82) is 0 Å². The van der Waals surface area contributed by atoms with E-state index >= 15 is 0 Å². The quantitative estimate of drug-likeness (QED) is 0.801. The van der Waals surface area contributed by atoms with Crippen molar-refractivity contribution in [3.05, 3.63) is 24.4 Å². The monoisotopic (exact) mass is 225 g/mol. The minimum atomic E-state index is -0.323. The first-order valence-electron chi connectivity index (χ1n) is 5.18. The number of aliphatic hydroxyl groups excluding tert-OH is 1. The van der Waals surface area contributed by atoms with Crippen LogP contribution in [0.4, 0.5) is 0 Å².